The third kappa shape index (κ3) is 45.4. The number of guanidine groups is 2. The van der Waals surface area contributed by atoms with Gasteiger partial charge in [-0.15, -0.1) is 0 Å². The van der Waals surface area contributed by atoms with Gasteiger partial charge in [0.05, 0.1) is 44.2 Å². The van der Waals surface area contributed by atoms with Crippen molar-refractivity contribution in [2.45, 2.75) is 262 Å². The maximum absolute atomic E-state index is 14.3. The number of unbranched alkanes of at least 4 members (excludes halogenated alkanes) is 13. The molecule has 0 spiro atoms. The van der Waals surface area contributed by atoms with Gasteiger partial charge in [-0.1, -0.05) is 97.8 Å². The summed E-state index contributed by atoms with van der Waals surface area (Å²) in [6, 6.07) is -13.3. The molecule has 0 rings (SSSR count). The van der Waals surface area contributed by atoms with Crippen molar-refractivity contribution in [3.05, 3.63) is 0 Å². The third-order valence-electron chi connectivity index (χ3n) is 15.9. The molecule has 0 radical (unpaired) electrons. The van der Waals surface area contributed by atoms with Gasteiger partial charge in [0.2, 0.25) is 59.1 Å². The first-order chi connectivity index (χ1) is 48.6. The summed E-state index contributed by atoms with van der Waals surface area (Å²) in [5, 5.41) is 64.0. The minimum atomic E-state index is -1.92. The van der Waals surface area contributed by atoms with E-state index in [0.29, 0.717) is 25.8 Å². The van der Waals surface area contributed by atoms with E-state index in [0.717, 1.165) is 32.6 Å². The smallest absolute Gasteiger partial charge is 0.305 e. The van der Waals surface area contributed by atoms with Crippen molar-refractivity contribution in [1.82, 2.24) is 53.2 Å². The van der Waals surface area contributed by atoms with E-state index in [1.807, 2.05) is 5.32 Å². The highest BCUT2D eigenvalue weighted by Gasteiger charge is 2.35. The first kappa shape index (κ1) is 93.8. The Labute approximate surface area is 601 Å². The molecule has 0 aliphatic carbocycles. The predicted octanol–water partition coefficient (Wildman–Crippen LogP) is -4.24. The number of aliphatic imine (C=N–C) groups is 3. The Hall–Kier alpha value is -9.17. The van der Waals surface area contributed by atoms with Crippen LogP contribution < -0.4 is 93.3 Å². The van der Waals surface area contributed by atoms with Gasteiger partial charge in [-0.05, 0) is 84.1 Å². The summed E-state index contributed by atoms with van der Waals surface area (Å²) in [5.41, 5.74) is 37.5. The molecule has 0 fully saturated rings. The zero-order chi connectivity index (χ0) is 78.0. The molecule has 0 aliphatic rings. The Bertz CT molecular complexity index is 2800. The SMILES string of the molecule is CCCCCCCCCCCCCCCC(=O)NC(CCCCN)C(=O)NC(CC(C)C)C(=O)NC(CCCN=C(N)N)C(=O)N=C(CCC(=O)O)C(=O)NC(C(=O)NC(CNC(C)C(=O)NCC(=O)NC(CCCN=C(N)N)C(=O)NC(CO)C(=O)NC(CC(=O)O)C(N)=O)CC(N)=O)C(C)O. The molecule has 38 nitrogen and oxygen atoms in total. The van der Waals surface area contributed by atoms with Gasteiger partial charge in [0.1, 0.15) is 48.0 Å². The first-order valence-electron chi connectivity index (χ1n) is 35.3. The zero-order valence-electron chi connectivity index (χ0n) is 60.4. The van der Waals surface area contributed by atoms with Gasteiger partial charge in [-0.3, -0.25) is 77.1 Å². The summed E-state index contributed by atoms with van der Waals surface area (Å²) in [6.07, 6.45) is 10.9. The average molecular weight is 1470 g/mol. The number of carboxylic acid groups (broad SMARTS) is 2. The van der Waals surface area contributed by atoms with Gasteiger partial charge in [0, 0.05) is 38.9 Å². The van der Waals surface area contributed by atoms with E-state index < -0.39 is 188 Å². The number of nitrogens with one attached hydrogen (secondary N) is 10. The molecular weight excluding hydrogens is 1350 g/mol. The van der Waals surface area contributed by atoms with Crippen molar-refractivity contribution in [3.8, 4) is 0 Å². The number of aliphatic hydroxyl groups excluding tert-OH is 2. The highest BCUT2D eigenvalue weighted by molar-refractivity contribution is 6.41. The largest absolute Gasteiger partial charge is 0.481 e. The fraction of sp³-hybridized carbons (Fsp3) is 0.738. The number of rotatable bonds is 59. The van der Waals surface area contributed by atoms with Crippen LogP contribution in [0.3, 0.4) is 0 Å². The van der Waals surface area contributed by atoms with Crippen LogP contribution in [-0.2, 0) is 67.1 Å². The first-order valence-corrected chi connectivity index (χ1v) is 35.3. The Morgan fingerprint density at radius 1 is 0.466 bits per heavy atom. The molecule has 10 atom stereocenters. The van der Waals surface area contributed by atoms with Gasteiger partial charge in [-0.2, -0.15) is 0 Å². The van der Waals surface area contributed by atoms with E-state index in [9.17, 15) is 82.4 Å². The lowest BCUT2D eigenvalue weighted by molar-refractivity contribution is -0.141. The average Bonchev–Trinajstić information content (AvgIpc) is 0.853. The summed E-state index contributed by atoms with van der Waals surface area (Å²) in [7, 11) is 0. The van der Waals surface area contributed by atoms with E-state index in [1.54, 1.807) is 13.8 Å². The monoisotopic (exact) mass is 1470 g/mol. The molecule has 0 aromatic rings. The van der Waals surface area contributed by atoms with Crippen molar-refractivity contribution in [1.29, 1.82) is 0 Å². The Kier molecular flexibility index (Phi) is 49.7. The summed E-state index contributed by atoms with van der Waals surface area (Å²) in [4.78, 5) is 195. The molecular formula is C65H118N20O18. The third-order valence-corrected chi connectivity index (χ3v) is 15.9. The number of aliphatic carboxylic acids is 2. The molecule has 0 saturated heterocycles. The molecule has 0 saturated carbocycles. The number of hydrogen-bond acceptors (Lipinski definition) is 20. The lowest BCUT2D eigenvalue weighted by atomic mass is 10.0. The van der Waals surface area contributed by atoms with E-state index in [4.69, 9.17) is 45.2 Å². The van der Waals surface area contributed by atoms with Gasteiger partial charge in [-0.25, -0.2) is 4.99 Å². The molecule has 0 aromatic carbocycles. The molecule has 0 bridgehead atoms. The lowest BCUT2D eigenvalue weighted by Gasteiger charge is -2.26. The number of amides is 12. The standard InChI is InChI=1S/C65H118N20O18/c1-6-7-8-9-10-11-12-13-14-15-16-17-18-26-50(89)78-42(23-19-20-29-66)57(97)83-47(32-38(2)3)61(101)80-44(25-22-31-74-65(71)72)59(99)81-45(27-28-52(91)92)60(100)85-54(40(5)87)63(103)77-41(33-49(67)88)35-75-39(4)56(96)76-36-51(90)79-43(24-21-30-73-64(69)70)58(98)84-48(37-86)62(102)82-46(55(68)95)34-53(93)94/h38-44,46-48,54,75,86-87H,6-37,66H2,1-5H3,(H2,67,88)(H2,68,95)(H,76,96)(H,77,103)(H,78,89)(H,79,90)(H,80,101)(H,82,102)(H,83,97)(H,84,98)(H,85,100)(H,91,92)(H,93,94)(H4,69,70,73)(H4,71,72,74). The number of primary amides is 2. The summed E-state index contributed by atoms with van der Waals surface area (Å²) >= 11 is 0. The summed E-state index contributed by atoms with van der Waals surface area (Å²) in [6.45, 7) is 6.12. The Morgan fingerprint density at radius 2 is 0.951 bits per heavy atom. The number of carbonyl (C=O) groups excluding carboxylic acids is 12. The van der Waals surface area contributed by atoms with Crippen LogP contribution in [0, 0.1) is 5.92 Å². The van der Waals surface area contributed by atoms with Crippen molar-refractivity contribution in [2.75, 3.05) is 39.3 Å². The molecule has 0 aromatic heterocycles. The van der Waals surface area contributed by atoms with Crippen LogP contribution in [-0.4, -0.2) is 221 Å². The van der Waals surface area contributed by atoms with Crippen LogP contribution in [0.25, 0.3) is 0 Å². The fourth-order valence-electron chi connectivity index (χ4n) is 10.2. The predicted molar refractivity (Wildman–Crippen MR) is 382 cm³/mol. The number of nitrogens with zero attached hydrogens (tertiary/aromatic N) is 3. The van der Waals surface area contributed by atoms with Crippen LogP contribution in [0.2, 0.25) is 0 Å². The number of carbonyl (C=O) groups is 14. The van der Waals surface area contributed by atoms with Gasteiger partial charge in [0.15, 0.2) is 11.9 Å². The molecule has 103 heavy (non-hydrogen) atoms. The fourth-order valence-corrected chi connectivity index (χ4v) is 10.2. The van der Waals surface area contributed by atoms with Crippen molar-refractivity contribution >= 4 is 100 Å². The zero-order valence-corrected chi connectivity index (χ0v) is 60.4. The molecule has 10 unspecified atom stereocenters. The molecule has 0 aliphatic heterocycles. The number of hydrogen-bond donors (Lipinski definition) is 21. The molecule has 12 amide bonds. The molecule has 38 heteroatoms. The quantitative estimate of drug-likeness (QED) is 0.0156. The van der Waals surface area contributed by atoms with Crippen LogP contribution in [0.1, 0.15) is 202 Å². The minimum Gasteiger partial charge on any atom is -0.481 e. The van der Waals surface area contributed by atoms with E-state index in [2.05, 4.69) is 69.8 Å². The number of nitrogens with two attached hydrogens (primary N) is 7. The van der Waals surface area contributed by atoms with Crippen molar-refractivity contribution in [3.63, 3.8) is 0 Å². The Balaban J connectivity index is 6.53. The maximum atomic E-state index is 14.3. The normalized spacial score (nSPS) is 14.2. The van der Waals surface area contributed by atoms with Crippen LogP contribution in [0.15, 0.2) is 15.0 Å². The van der Waals surface area contributed by atoms with Crippen LogP contribution in [0.4, 0.5) is 0 Å². The van der Waals surface area contributed by atoms with Gasteiger partial charge >= 0.3 is 11.9 Å². The second kappa shape index (κ2) is 54.5. The van der Waals surface area contributed by atoms with Crippen molar-refractivity contribution in [2.24, 2.45) is 61.0 Å². The Morgan fingerprint density at radius 3 is 1.44 bits per heavy atom. The summed E-state index contributed by atoms with van der Waals surface area (Å²) < 4.78 is 0. The van der Waals surface area contributed by atoms with Crippen LogP contribution >= 0.6 is 0 Å². The molecule has 586 valence electrons. The van der Waals surface area contributed by atoms with E-state index >= 15 is 0 Å². The van der Waals surface area contributed by atoms with Gasteiger partial charge < -0.3 is 114 Å². The highest BCUT2D eigenvalue weighted by Crippen LogP contribution is 2.15. The van der Waals surface area contributed by atoms with Crippen molar-refractivity contribution < 1.29 is 87.5 Å². The minimum absolute atomic E-state index is 0.0272. The second-order valence-corrected chi connectivity index (χ2v) is 25.7. The highest BCUT2D eigenvalue weighted by atomic mass is 16.4. The van der Waals surface area contributed by atoms with Gasteiger partial charge in [0.25, 0.3) is 11.8 Å². The van der Waals surface area contributed by atoms with Crippen LogP contribution in [0.5, 0.6) is 0 Å². The van der Waals surface area contributed by atoms with E-state index in [1.165, 1.54) is 58.3 Å². The second-order valence-electron chi connectivity index (χ2n) is 25.7. The maximum Gasteiger partial charge on any atom is 0.305 e. The van der Waals surface area contributed by atoms with E-state index in [-0.39, 0.29) is 81.8 Å². The lowest BCUT2D eigenvalue weighted by Crippen LogP contribution is -2.58. The topological polar surface area (TPSA) is 659 Å². The molecule has 28 N–H and O–H groups in total. The number of carboxylic acids is 2. The number of aliphatic hydroxyl groups is 2. The summed E-state index contributed by atoms with van der Waals surface area (Å²) in [5.74, 6) is -15.6. The molecule has 0 heterocycles.